The number of hydrogen-bond donors (Lipinski definition) is 0. The van der Waals surface area contributed by atoms with Crippen LogP contribution in [-0.4, -0.2) is 25.8 Å². The van der Waals surface area contributed by atoms with Crippen LogP contribution >= 0.6 is 34.4 Å². The van der Waals surface area contributed by atoms with Gasteiger partial charge in [-0.3, -0.25) is 0 Å². The lowest BCUT2D eigenvalue weighted by Gasteiger charge is -2.39. The minimum absolute atomic E-state index is 0.342. The average Bonchev–Trinajstić information content (AvgIpc) is 3.15. The van der Waals surface area contributed by atoms with Crippen molar-refractivity contribution < 1.29 is 14.2 Å². The van der Waals surface area contributed by atoms with Crippen molar-refractivity contribution in [2.24, 2.45) is 0 Å². The number of hydrogen-bond acceptors (Lipinski definition) is 6. The van der Waals surface area contributed by atoms with Crippen molar-refractivity contribution in [1.82, 2.24) is 0 Å². The van der Waals surface area contributed by atoms with Crippen LogP contribution in [0, 0.1) is 6.92 Å². The second-order valence-corrected chi connectivity index (χ2v) is 8.77. The molecule has 2 aromatic heterocycles. The molecule has 0 aromatic carbocycles. The first kappa shape index (κ1) is 19.1. The summed E-state index contributed by atoms with van der Waals surface area (Å²) in [6.45, 7) is 9.69. The molecule has 3 nitrogen and oxygen atoms in total. The van der Waals surface area contributed by atoms with Gasteiger partial charge in [0.2, 0.25) is 0 Å². The predicted molar refractivity (Wildman–Crippen MR) is 108 cm³/mol. The van der Waals surface area contributed by atoms with Crippen LogP contribution in [0.5, 0.6) is 0 Å². The second kappa shape index (κ2) is 8.37. The van der Waals surface area contributed by atoms with Crippen LogP contribution in [0.2, 0.25) is 0 Å². The molecule has 3 rings (SSSR count). The van der Waals surface area contributed by atoms with Crippen LogP contribution in [0.4, 0.5) is 0 Å². The van der Waals surface area contributed by atoms with Crippen LogP contribution in [0.3, 0.4) is 0 Å². The van der Waals surface area contributed by atoms with E-state index in [-0.39, 0.29) is 0 Å². The Kier molecular flexibility index (Phi) is 6.41. The van der Waals surface area contributed by atoms with E-state index in [0.29, 0.717) is 25.1 Å². The van der Waals surface area contributed by atoms with Gasteiger partial charge < -0.3 is 14.2 Å². The highest BCUT2D eigenvalue weighted by atomic mass is 32.2. The molecule has 1 aliphatic rings. The summed E-state index contributed by atoms with van der Waals surface area (Å²) >= 11 is 5.44. The molecule has 0 aliphatic carbocycles. The van der Waals surface area contributed by atoms with E-state index in [0.717, 1.165) is 4.91 Å². The van der Waals surface area contributed by atoms with Gasteiger partial charge in [0.25, 0.3) is 0 Å². The highest BCUT2D eigenvalue weighted by molar-refractivity contribution is 8.05. The molecule has 1 aliphatic heterocycles. The van der Waals surface area contributed by atoms with Crippen molar-refractivity contribution in [3.8, 4) is 9.75 Å². The summed E-state index contributed by atoms with van der Waals surface area (Å²) in [7, 11) is 0. The lowest BCUT2D eigenvalue weighted by Crippen LogP contribution is -2.42. The van der Waals surface area contributed by atoms with E-state index in [9.17, 15) is 0 Å². The molecule has 3 heterocycles. The molecule has 0 spiro atoms. The third-order valence-electron chi connectivity index (χ3n) is 3.85. The molecule has 1 atom stereocenters. The number of ether oxygens (including phenoxy) is 3. The Balaban J connectivity index is 1.78. The molecule has 0 fully saturated rings. The maximum absolute atomic E-state index is 5.85. The number of rotatable bonds is 9. The maximum atomic E-state index is 5.85. The van der Waals surface area contributed by atoms with E-state index in [1.807, 2.05) is 32.1 Å². The van der Waals surface area contributed by atoms with Gasteiger partial charge in [0.05, 0.1) is 30.0 Å². The van der Waals surface area contributed by atoms with E-state index in [4.69, 9.17) is 14.2 Å². The van der Waals surface area contributed by atoms with Gasteiger partial charge in [0.1, 0.15) is 0 Å². The van der Waals surface area contributed by atoms with Gasteiger partial charge in [0, 0.05) is 14.6 Å². The third kappa shape index (κ3) is 3.89. The van der Waals surface area contributed by atoms with Gasteiger partial charge in [-0.15, -0.1) is 34.4 Å². The molecule has 0 N–H and O–H groups in total. The zero-order valence-corrected chi connectivity index (χ0v) is 17.5. The molecule has 0 radical (unpaired) electrons. The minimum Gasteiger partial charge on any atom is -0.323 e. The highest BCUT2D eigenvalue weighted by Gasteiger charge is 2.44. The molecule has 0 saturated heterocycles. The topological polar surface area (TPSA) is 27.7 Å². The quantitative estimate of drug-likeness (QED) is 0.470. The van der Waals surface area contributed by atoms with Gasteiger partial charge in [-0.1, -0.05) is 0 Å². The summed E-state index contributed by atoms with van der Waals surface area (Å²) in [5.74, 6) is -1.04. The molecular weight excluding hydrogens is 372 g/mol. The Morgan fingerprint density at radius 1 is 1.00 bits per heavy atom. The molecule has 6 heteroatoms. The maximum Gasteiger partial charge on any atom is 0.317 e. The van der Waals surface area contributed by atoms with E-state index in [2.05, 4.69) is 36.6 Å². The van der Waals surface area contributed by atoms with Crippen molar-refractivity contribution in [1.29, 1.82) is 0 Å². The van der Waals surface area contributed by atoms with Gasteiger partial charge in [0.15, 0.2) is 0 Å². The van der Waals surface area contributed by atoms with Crippen molar-refractivity contribution in [3.05, 3.63) is 45.0 Å². The summed E-state index contributed by atoms with van der Waals surface area (Å²) in [5.41, 5.74) is 1.35. The first-order valence-electron chi connectivity index (χ1n) is 8.58. The van der Waals surface area contributed by atoms with E-state index in [1.54, 1.807) is 23.1 Å². The minimum atomic E-state index is -1.04. The van der Waals surface area contributed by atoms with Crippen molar-refractivity contribution in [2.45, 2.75) is 38.9 Å². The molecule has 2 aromatic rings. The molecule has 0 bridgehead atoms. The Hall–Kier alpha value is -0.630. The summed E-state index contributed by atoms with van der Waals surface area (Å²) in [6, 6.07) is 6.63. The van der Waals surface area contributed by atoms with Crippen molar-refractivity contribution >= 4 is 34.4 Å². The fourth-order valence-electron chi connectivity index (χ4n) is 2.75. The highest BCUT2D eigenvalue weighted by Crippen LogP contribution is 2.54. The van der Waals surface area contributed by atoms with Crippen LogP contribution in [0.25, 0.3) is 9.75 Å². The number of thiophene rings is 2. The lowest BCUT2D eigenvalue weighted by atomic mass is 10.2. The van der Waals surface area contributed by atoms with E-state index in [1.165, 1.54) is 20.2 Å². The Morgan fingerprint density at radius 2 is 1.64 bits per heavy atom. The zero-order chi connectivity index (χ0) is 17.9. The Morgan fingerprint density at radius 3 is 2.16 bits per heavy atom. The molecular formula is C19H24O3S3. The molecule has 25 heavy (non-hydrogen) atoms. The molecule has 1 unspecified atom stereocenters. The van der Waals surface area contributed by atoms with E-state index >= 15 is 0 Å². The van der Waals surface area contributed by atoms with Gasteiger partial charge in [-0.2, -0.15) is 0 Å². The monoisotopic (exact) mass is 396 g/mol. The fourth-order valence-corrected chi connectivity index (χ4v) is 6.10. The molecule has 0 amide bonds. The van der Waals surface area contributed by atoms with Crippen LogP contribution < -0.4 is 0 Å². The summed E-state index contributed by atoms with van der Waals surface area (Å²) < 4.78 is 17.5. The normalized spacial score (nSPS) is 17.4. The lowest BCUT2D eigenvalue weighted by molar-refractivity contribution is -0.348. The smallest absolute Gasteiger partial charge is 0.317 e. The van der Waals surface area contributed by atoms with Gasteiger partial charge >= 0.3 is 5.97 Å². The first-order valence-corrected chi connectivity index (χ1v) is 11.2. The fraction of sp³-hybridized carbons (Fsp3) is 0.474. The molecule has 0 saturated carbocycles. The Bertz CT molecular complexity index is 715. The first-order chi connectivity index (χ1) is 12.1. The largest absolute Gasteiger partial charge is 0.323 e. The predicted octanol–water partition coefficient (Wildman–Crippen LogP) is 6.22. The summed E-state index contributed by atoms with van der Waals surface area (Å²) in [4.78, 5) is 5.09. The van der Waals surface area contributed by atoms with Crippen molar-refractivity contribution in [3.63, 3.8) is 0 Å². The van der Waals surface area contributed by atoms with Crippen LogP contribution in [0.1, 0.15) is 36.5 Å². The average molecular weight is 397 g/mol. The van der Waals surface area contributed by atoms with Crippen LogP contribution in [0.15, 0.2) is 34.6 Å². The van der Waals surface area contributed by atoms with Gasteiger partial charge in [-0.05, 0) is 62.9 Å². The van der Waals surface area contributed by atoms with Crippen LogP contribution in [-0.2, 0) is 14.2 Å². The standard InChI is InChI=1S/C19H24O3S3/c1-5-20-19(21-6-2,22-7-3)17-12-16(25-17)14-8-9-15(24-14)18-13(4)10-11-23-18/h8-12,16H,5-7H2,1-4H3. The molecule has 136 valence electrons. The van der Waals surface area contributed by atoms with Crippen molar-refractivity contribution in [2.75, 3.05) is 19.8 Å². The third-order valence-corrected chi connectivity index (χ3v) is 7.65. The SMILES string of the molecule is CCOC(OCC)(OCC)C1=CC(c2ccc(-c3sccc3C)s2)S1. The number of aryl methyl sites for hydroxylation is 1. The van der Waals surface area contributed by atoms with Gasteiger partial charge in [-0.25, -0.2) is 0 Å². The summed E-state index contributed by atoms with van der Waals surface area (Å²) in [6.07, 6.45) is 2.21. The Labute approximate surface area is 162 Å². The number of thioether (sulfide) groups is 1. The summed E-state index contributed by atoms with van der Waals surface area (Å²) in [5, 5.41) is 2.50. The zero-order valence-electron chi connectivity index (χ0n) is 15.0. The van der Waals surface area contributed by atoms with E-state index < -0.39 is 5.97 Å². The second-order valence-electron chi connectivity index (χ2n) is 5.56.